The summed E-state index contributed by atoms with van der Waals surface area (Å²) in [6.45, 7) is 11.1. The van der Waals surface area contributed by atoms with Gasteiger partial charge in [-0.1, -0.05) is 0 Å². The average molecular weight is 231 g/mol. The molecule has 0 radical (unpaired) electrons. The van der Waals surface area contributed by atoms with Crippen LogP contribution >= 0.6 is 0 Å². The van der Waals surface area contributed by atoms with Crippen LogP contribution in [0.25, 0.3) is 0 Å². The highest BCUT2D eigenvalue weighted by molar-refractivity contribution is 5.75. The van der Waals surface area contributed by atoms with Gasteiger partial charge in [-0.25, -0.2) is 0 Å². The van der Waals surface area contributed by atoms with E-state index in [0.717, 1.165) is 0 Å². The minimum atomic E-state index is -0.477. The van der Waals surface area contributed by atoms with Gasteiger partial charge in [0, 0.05) is 5.54 Å². The Balaban J connectivity index is 4.56. The van der Waals surface area contributed by atoms with Gasteiger partial charge in [-0.3, -0.25) is 9.69 Å². The van der Waals surface area contributed by atoms with E-state index < -0.39 is 11.1 Å². The largest absolute Gasteiger partial charge is 0.459 e. The molecule has 0 aliphatic heterocycles. The normalized spacial score (nSPS) is 15.1. The average Bonchev–Trinajstić information content (AvgIpc) is 2.12. The van der Waals surface area contributed by atoms with Crippen LogP contribution in [-0.4, -0.2) is 46.8 Å². The van der Waals surface area contributed by atoms with Crippen molar-refractivity contribution < 1.29 is 14.6 Å². The molecule has 0 saturated carbocycles. The van der Waals surface area contributed by atoms with Gasteiger partial charge < -0.3 is 9.84 Å². The summed E-state index contributed by atoms with van der Waals surface area (Å²) >= 11 is 0. The molecule has 1 unspecified atom stereocenters. The summed E-state index contributed by atoms with van der Waals surface area (Å²) < 4.78 is 5.30. The van der Waals surface area contributed by atoms with Crippen molar-refractivity contribution in [2.45, 2.75) is 58.7 Å². The molecule has 96 valence electrons. The van der Waals surface area contributed by atoms with E-state index in [-0.39, 0.29) is 18.6 Å². The highest BCUT2D eigenvalue weighted by atomic mass is 16.6. The first-order valence-corrected chi connectivity index (χ1v) is 5.58. The van der Waals surface area contributed by atoms with Crippen LogP contribution in [0.3, 0.4) is 0 Å². The lowest BCUT2D eigenvalue weighted by Crippen LogP contribution is -2.52. The Labute approximate surface area is 98.6 Å². The van der Waals surface area contributed by atoms with Gasteiger partial charge in [-0.15, -0.1) is 0 Å². The van der Waals surface area contributed by atoms with E-state index in [2.05, 4.69) is 0 Å². The fourth-order valence-electron chi connectivity index (χ4n) is 1.18. The maximum atomic E-state index is 11.8. The zero-order chi connectivity index (χ0) is 13.1. The number of carbonyl (C=O) groups excluding carboxylic acids is 1. The molecule has 16 heavy (non-hydrogen) atoms. The Morgan fingerprint density at radius 3 is 2.06 bits per heavy atom. The number of nitrogens with zero attached hydrogens (tertiary/aromatic N) is 1. The second kappa shape index (κ2) is 5.15. The molecule has 0 bridgehead atoms. The first kappa shape index (κ1) is 15.4. The summed E-state index contributed by atoms with van der Waals surface area (Å²) in [5, 5.41) is 9.23. The molecule has 1 N–H and O–H groups in total. The number of likely N-dealkylation sites (N-methyl/N-ethyl adjacent to an activating group) is 1. The smallest absolute Gasteiger partial charge is 0.323 e. The van der Waals surface area contributed by atoms with E-state index >= 15 is 0 Å². The van der Waals surface area contributed by atoms with Crippen LogP contribution in [0.4, 0.5) is 0 Å². The third kappa shape index (κ3) is 4.49. The zero-order valence-corrected chi connectivity index (χ0v) is 11.5. The van der Waals surface area contributed by atoms with Crippen molar-refractivity contribution in [2.24, 2.45) is 0 Å². The summed E-state index contributed by atoms with van der Waals surface area (Å²) in [7, 11) is 1.81. The molecule has 0 fully saturated rings. The molecule has 0 aliphatic rings. The third-order valence-corrected chi connectivity index (χ3v) is 2.67. The number of hydrogen-bond donors (Lipinski definition) is 1. The minimum Gasteiger partial charge on any atom is -0.459 e. The summed E-state index contributed by atoms with van der Waals surface area (Å²) in [6, 6.07) is -0.374. The van der Waals surface area contributed by atoms with Crippen molar-refractivity contribution in [1.82, 2.24) is 4.90 Å². The molecule has 0 rings (SSSR count). The van der Waals surface area contributed by atoms with Crippen LogP contribution in [0, 0.1) is 0 Å². The van der Waals surface area contributed by atoms with Gasteiger partial charge in [0.1, 0.15) is 11.6 Å². The summed E-state index contributed by atoms with van der Waals surface area (Å²) in [6.07, 6.45) is 0. The van der Waals surface area contributed by atoms with E-state index in [0.29, 0.717) is 0 Å². The monoisotopic (exact) mass is 231 g/mol. The van der Waals surface area contributed by atoms with Gasteiger partial charge in [-0.05, 0) is 48.6 Å². The number of ether oxygens (including phenoxy) is 1. The molecule has 0 saturated heterocycles. The number of hydrogen-bond acceptors (Lipinski definition) is 4. The fraction of sp³-hybridized carbons (Fsp3) is 0.917. The molecule has 0 aliphatic carbocycles. The molecule has 4 heteroatoms. The standard InChI is InChI=1S/C12H25NO3/c1-9(10(15)16-11(2,3)4)13(7)12(5,6)8-14/h9,14H,8H2,1-7H3. The Kier molecular flexibility index (Phi) is 4.95. The van der Waals surface area contributed by atoms with Gasteiger partial charge in [-0.2, -0.15) is 0 Å². The van der Waals surface area contributed by atoms with Crippen molar-refractivity contribution in [3.05, 3.63) is 0 Å². The summed E-state index contributed by atoms with van der Waals surface area (Å²) in [4.78, 5) is 13.6. The molecule has 0 aromatic carbocycles. The van der Waals surface area contributed by atoms with Crippen molar-refractivity contribution >= 4 is 5.97 Å². The van der Waals surface area contributed by atoms with E-state index in [4.69, 9.17) is 4.74 Å². The second-order valence-electron chi connectivity index (χ2n) is 5.79. The van der Waals surface area contributed by atoms with Crippen molar-refractivity contribution in [3.63, 3.8) is 0 Å². The van der Waals surface area contributed by atoms with E-state index in [1.54, 1.807) is 6.92 Å². The summed E-state index contributed by atoms with van der Waals surface area (Å²) in [5.74, 6) is -0.267. The van der Waals surface area contributed by atoms with Crippen LogP contribution < -0.4 is 0 Å². The van der Waals surface area contributed by atoms with Crippen molar-refractivity contribution in [3.8, 4) is 0 Å². The lowest BCUT2D eigenvalue weighted by molar-refractivity contribution is -0.162. The number of aliphatic hydroxyl groups excluding tert-OH is 1. The first-order chi connectivity index (χ1) is 7.01. The molecular formula is C12H25NO3. The lowest BCUT2D eigenvalue weighted by Gasteiger charge is -2.38. The number of aliphatic hydroxyl groups is 1. The fourth-order valence-corrected chi connectivity index (χ4v) is 1.18. The van der Waals surface area contributed by atoms with Crippen LogP contribution in [0.5, 0.6) is 0 Å². The van der Waals surface area contributed by atoms with Crippen LogP contribution in [0.2, 0.25) is 0 Å². The predicted molar refractivity (Wildman–Crippen MR) is 64.2 cm³/mol. The van der Waals surface area contributed by atoms with Gasteiger partial charge in [0.25, 0.3) is 0 Å². The minimum absolute atomic E-state index is 0.00334. The van der Waals surface area contributed by atoms with Crippen LogP contribution in [-0.2, 0) is 9.53 Å². The van der Waals surface area contributed by atoms with Crippen molar-refractivity contribution in [1.29, 1.82) is 0 Å². The van der Waals surface area contributed by atoms with Crippen LogP contribution in [0.15, 0.2) is 0 Å². The van der Waals surface area contributed by atoms with E-state index in [1.807, 2.05) is 46.6 Å². The second-order valence-corrected chi connectivity index (χ2v) is 5.79. The van der Waals surface area contributed by atoms with Crippen molar-refractivity contribution in [2.75, 3.05) is 13.7 Å². The summed E-state index contributed by atoms with van der Waals surface area (Å²) in [5.41, 5.74) is -0.911. The highest BCUT2D eigenvalue weighted by Crippen LogP contribution is 2.17. The van der Waals surface area contributed by atoms with Gasteiger partial charge in [0.2, 0.25) is 0 Å². The molecule has 0 aromatic heterocycles. The topological polar surface area (TPSA) is 49.8 Å². The number of esters is 1. The zero-order valence-electron chi connectivity index (χ0n) is 11.5. The molecular weight excluding hydrogens is 206 g/mol. The molecule has 0 amide bonds. The highest BCUT2D eigenvalue weighted by Gasteiger charge is 2.32. The van der Waals surface area contributed by atoms with E-state index in [1.165, 1.54) is 0 Å². The van der Waals surface area contributed by atoms with Gasteiger partial charge >= 0.3 is 5.97 Å². The Bertz CT molecular complexity index is 243. The Morgan fingerprint density at radius 1 is 1.31 bits per heavy atom. The predicted octanol–water partition coefficient (Wildman–Crippen LogP) is 1.42. The Hall–Kier alpha value is -0.610. The van der Waals surface area contributed by atoms with Crippen LogP contribution in [0.1, 0.15) is 41.5 Å². The number of carbonyl (C=O) groups is 1. The molecule has 0 aromatic rings. The number of rotatable bonds is 4. The SMILES string of the molecule is CC(C(=O)OC(C)(C)C)N(C)C(C)(C)CO. The first-order valence-electron chi connectivity index (χ1n) is 5.58. The quantitative estimate of drug-likeness (QED) is 0.743. The lowest BCUT2D eigenvalue weighted by atomic mass is 10.0. The third-order valence-electron chi connectivity index (χ3n) is 2.67. The molecule has 0 spiro atoms. The van der Waals surface area contributed by atoms with Gasteiger partial charge in [0.15, 0.2) is 0 Å². The molecule has 4 nitrogen and oxygen atoms in total. The molecule has 1 atom stereocenters. The maximum Gasteiger partial charge on any atom is 0.323 e. The van der Waals surface area contributed by atoms with E-state index in [9.17, 15) is 9.90 Å². The van der Waals surface area contributed by atoms with Gasteiger partial charge in [0.05, 0.1) is 6.61 Å². The Morgan fingerprint density at radius 2 is 1.75 bits per heavy atom. The molecule has 0 heterocycles. The maximum absolute atomic E-state index is 11.8.